The van der Waals surface area contributed by atoms with Crippen molar-refractivity contribution in [3.8, 4) is 0 Å². The lowest BCUT2D eigenvalue weighted by atomic mass is 9.95. The Hall–Kier alpha value is -0.580. The molecule has 1 fully saturated rings. The number of hydrogen-bond acceptors (Lipinski definition) is 2. The molecule has 3 nitrogen and oxygen atoms in total. The lowest BCUT2D eigenvalue weighted by Gasteiger charge is -2.32. The second-order valence-electron chi connectivity index (χ2n) is 5.23. The molecule has 106 valence electrons. The molecule has 0 bridgehead atoms. The zero-order valence-corrected chi connectivity index (χ0v) is 12.9. The van der Waals surface area contributed by atoms with Crippen molar-refractivity contribution in [2.24, 2.45) is 5.92 Å². The Morgan fingerprint density at radius 3 is 2.21 bits per heavy atom. The molecule has 5 heteroatoms. The van der Waals surface area contributed by atoms with E-state index in [0.717, 1.165) is 18.4 Å². The SMILES string of the molecule is Cc1ccc(S(=O)(=O)N2CCC(C(C)Cl)CC2)cc1. The molecule has 1 atom stereocenters. The Labute approximate surface area is 120 Å². The van der Waals surface area contributed by atoms with Crippen molar-refractivity contribution in [2.75, 3.05) is 13.1 Å². The molecule has 0 radical (unpaired) electrons. The molecular formula is C14H20ClNO2S. The van der Waals surface area contributed by atoms with Gasteiger partial charge in [0.25, 0.3) is 0 Å². The maximum absolute atomic E-state index is 12.5. The fraction of sp³-hybridized carbons (Fsp3) is 0.571. The lowest BCUT2D eigenvalue weighted by molar-refractivity contribution is 0.271. The van der Waals surface area contributed by atoms with Gasteiger partial charge in [-0.3, -0.25) is 0 Å². The van der Waals surface area contributed by atoms with Crippen molar-refractivity contribution in [1.29, 1.82) is 0 Å². The Morgan fingerprint density at radius 1 is 1.21 bits per heavy atom. The monoisotopic (exact) mass is 301 g/mol. The zero-order chi connectivity index (χ0) is 14.0. The van der Waals surface area contributed by atoms with Crippen molar-refractivity contribution in [3.05, 3.63) is 29.8 Å². The van der Waals surface area contributed by atoms with Crippen LogP contribution < -0.4 is 0 Å². The molecular weight excluding hydrogens is 282 g/mol. The molecule has 1 aromatic carbocycles. The minimum Gasteiger partial charge on any atom is -0.207 e. The topological polar surface area (TPSA) is 37.4 Å². The van der Waals surface area contributed by atoms with Gasteiger partial charge < -0.3 is 0 Å². The van der Waals surface area contributed by atoms with Crippen molar-refractivity contribution in [1.82, 2.24) is 4.31 Å². The van der Waals surface area contributed by atoms with E-state index in [1.165, 1.54) is 0 Å². The minimum atomic E-state index is -3.34. The van der Waals surface area contributed by atoms with Gasteiger partial charge in [-0.1, -0.05) is 17.7 Å². The molecule has 0 aliphatic carbocycles. The first-order valence-corrected chi connectivity index (χ1v) is 8.50. The summed E-state index contributed by atoms with van der Waals surface area (Å²) in [6.45, 7) is 5.07. The van der Waals surface area contributed by atoms with Crippen LogP contribution in [-0.4, -0.2) is 31.2 Å². The van der Waals surface area contributed by atoms with Crippen LogP contribution in [0, 0.1) is 12.8 Å². The van der Waals surface area contributed by atoms with Crippen molar-refractivity contribution in [2.45, 2.75) is 37.0 Å². The minimum absolute atomic E-state index is 0.115. The average molecular weight is 302 g/mol. The van der Waals surface area contributed by atoms with Crippen molar-refractivity contribution in [3.63, 3.8) is 0 Å². The van der Waals surface area contributed by atoms with Crippen LogP contribution in [0.4, 0.5) is 0 Å². The summed E-state index contributed by atoms with van der Waals surface area (Å²) in [6, 6.07) is 7.03. The van der Waals surface area contributed by atoms with Gasteiger partial charge in [-0.15, -0.1) is 11.6 Å². The molecule has 1 aromatic rings. The summed E-state index contributed by atoms with van der Waals surface area (Å²) in [6.07, 6.45) is 1.69. The number of nitrogens with zero attached hydrogens (tertiary/aromatic N) is 1. The first-order valence-electron chi connectivity index (χ1n) is 6.62. The standard InChI is InChI=1S/C14H20ClNO2S/c1-11-3-5-14(6-4-11)19(17,18)16-9-7-13(8-10-16)12(2)15/h3-6,12-13H,7-10H2,1-2H3. The van der Waals surface area contributed by atoms with Crippen LogP contribution in [-0.2, 0) is 10.0 Å². The molecule has 0 N–H and O–H groups in total. The molecule has 0 aromatic heterocycles. The summed E-state index contributed by atoms with van der Waals surface area (Å²) in [4.78, 5) is 0.385. The zero-order valence-electron chi connectivity index (χ0n) is 11.3. The highest BCUT2D eigenvalue weighted by Gasteiger charge is 2.30. The van der Waals surface area contributed by atoms with E-state index in [0.29, 0.717) is 23.9 Å². The predicted octanol–water partition coefficient (Wildman–Crippen LogP) is 3.02. The molecule has 2 rings (SSSR count). The Bertz CT molecular complexity index is 517. The van der Waals surface area contributed by atoms with Gasteiger partial charge in [0.05, 0.1) is 4.90 Å². The van der Waals surface area contributed by atoms with E-state index in [9.17, 15) is 8.42 Å². The van der Waals surface area contributed by atoms with Crippen LogP contribution in [0.25, 0.3) is 0 Å². The number of hydrogen-bond donors (Lipinski definition) is 0. The van der Waals surface area contributed by atoms with Crippen molar-refractivity contribution >= 4 is 21.6 Å². The second-order valence-corrected chi connectivity index (χ2v) is 7.86. The highest BCUT2D eigenvalue weighted by atomic mass is 35.5. The summed E-state index contributed by atoms with van der Waals surface area (Å²) >= 11 is 6.09. The molecule has 19 heavy (non-hydrogen) atoms. The van der Waals surface area contributed by atoms with E-state index in [2.05, 4.69) is 0 Å². The molecule has 1 heterocycles. The van der Waals surface area contributed by atoms with Gasteiger partial charge in [0, 0.05) is 18.5 Å². The van der Waals surface area contributed by atoms with E-state index < -0.39 is 10.0 Å². The third kappa shape index (κ3) is 3.30. The van der Waals surface area contributed by atoms with Crippen LogP contribution in [0.3, 0.4) is 0 Å². The van der Waals surface area contributed by atoms with Crippen LogP contribution in [0.15, 0.2) is 29.2 Å². The Kier molecular flexibility index (Phi) is 4.54. The molecule has 0 spiro atoms. The highest BCUT2D eigenvalue weighted by Crippen LogP contribution is 2.27. The molecule has 0 saturated carbocycles. The fourth-order valence-corrected chi connectivity index (χ4v) is 4.16. The van der Waals surface area contributed by atoms with Crippen LogP contribution in [0.2, 0.25) is 0 Å². The molecule has 1 aliphatic heterocycles. The van der Waals surface area contributed by atoms with Gasteiger partial charge in [-0.25, -0.2) is 8.42 Å². The normalized spacial score (nSPS) is 20.4. The molecule has 1 aliphatic rings. The van der Waals surface area contributed by atoms with Gasteiger partial charge in [0.2, 0.25) is 10.0 Å². The van der Waals surface area contributed by atoms with E-state index in [1.54, 1.807) is 16.4 Å². The van der Waals surface area contributed by atoms with Gasteiger partial charge in [-0.05, 0) is 44.7 Å². The summed E-state index contributed by atoms with van der Waals surface area (Å²) in [5.41, 5.74) is 1.06. The van der Waals surface area contributed by atoms with Gasteiger partial charge in [0.15, 0.2) is 0 Å². The van der Waals surface area contributed by atoms with Crippen LogP contribution in [0.5, 0.6) is 0 Å². The highest BCUT2D eigenvalue weighted by molar-refractivity contribution is 7.89. The number of benzene rings is 1. The van der Waals surface area contributed by atoms with Crippen molar-refractivity contribution < 1.29 is 8.42 Å². The number of piperidine rings is 1. The maximum Gasteiger partial charge on any atom is 0.243 e. The Morgan fingerprint density at radius 2 is 1.74 bits per heavy atom. The average Bonchev–Trinajstić information content (AvgIpc) is 2.39. The lowest BCUT2D eigenvalue weighted by Crippen LogP contribution is -2.39. The number of aryl methyl sites for hydroxylation is 1. The summed E-state index contributed by atoms with van der Waals surface area (Å²) in [7, 11) is -3.34. The number of rotatable bonds is 3. The first-order chi connectivity index (χ1) is 8.91. The summed E-state index contributed by atoms with van der Waals surface area (Å²) < 4.78 is 26.5. The summed E-state index contributed by atoms with van der Waals surface area (Å²) in [5.74, 6) is 0.422. The van der Waals surface area contributed by atoms with E-state index in [1.807, 2.05) is 26.0 Å². The van der Waals surface area contributed by atoms with Crippen LogP contribution in [0.1, 0.15) is 25.3 Å². The van der Waals surface area contributed by atoms with Crippen LogP contribution >= 0.6 is 11.6 Å². The smallest absolute Gasteiger partial charge is 0.207 e. The third-order valence-electron chi connectivity index (χ3n) is 3.81. The number of sulfonamides is 1. The van der Waals surface area contributed by atoms with E-state index in [4.69, 9.17) is 11.6 Å². The van der Waals surface area contributed by atoms with E-state index >= 15 is 0 Å². The third-order valence-corrected chi connectivity index (χ3v) is 6.08. The molecule has 1 unspecified atom stereocenters. The molecule has 1 saturated heterocycles. The van der Waals surface area contributed by atoms with Gasteiger partial charge in [0.1, 0.15) is 0 Å². The summed E-state index contributed by atoms with van der Waals surface area (Å²) in [5, 5.41) is 0.115. The maximum atomic E-state index is 12.5. The van der Waals surface area contributed by atoms with E-state index in [-0.39, 0.29) is 5.38 Å². The predicted molar refractivity (Wildman–Crippen MR) is 78.0 cm³/mol. The van der Waals surface area contributed by atoms with Gasteiger partial charge >= 0.3 is 0 Å². The number of halogens is 1. The molecule has 0 amide bonds. The van der Waals surface area contributed by atoms with Gasteiger partial charge in [-0.2, -0.15) is 4.31 Å². The first kappa shape index (κ1) is 14.8. The quantitative estimate of drug-likeness (QED) is 0.805. The Balaban J connectivity index is 2.12. The number of alkyl halides is 1. The fourth-order valence-electron chi connectivity index (χ4n) is 2.43. The second kappa shape index (κ2) is 5.81. The largest absolute Gasteiger partial charge is 0.243 e.